The lowest BCUT2D eigenvalue weighted by atomic mass is 10.00. The van der Waals surface area contributed by atoms with Crippen LogP contribution in [0.15, 0.2) is 54.7 Å². The van der Waals surface area contributed by atoms with Crippen molar-refractivity contribution in [3.05, 3.63) is 88.5 Å². The van der Waals surface area contributed by atoms with Crippen molar-refractivity contribution in [2.45, 2.75) is 44.5 Å². The van der Waals surface area contributed by atoms with Crippen LogP contribution in [0.3, 0.4) is 0 Å². The quantitative estimate of drug-likeness (QED) is 0.455. The zero-order valence-corrected chi connectivity index (χ0v) is 20.6. The van der Waals surface area contributed by atoms with E-state index in [-0.39, 0.29) is 24.4 Å². The molecule has 3 aromatic rings. The Labute approximate surface area is 215 Å². The number of carbonyl (C=O) groups is 2. The maximum absolute atomic E-state index is 12.7. The van der Waals surface area contributed by atoms with Crippen LogP contribution in [-0.2, 0) is 25.9 Å². The molecule has 2 aromatic carbocycles. The first-order valence-corrected chi connectivity index (χ1v) is 12.6. The zero-order valence-electron chi connectivity index (χ0n) is 20.6. The summed E-state index contributed by atoms with van der Waals surface area (Å²) in [5, 5.41) is 25.3. The molecule has 0 saturated heterocycles. The smallest absolute Gasteiger partial charge is 0.271 e. The summed E-state index contributed by atoms with van der Waals surface area (Å²) in [5.41, 5.74) is 3.98. The topological polar surface area (TPSA) is 123 Å². The number of nitrogens with zero attached hydrogens (tertiary/aromatic N) is 4. The predicted octanol–water partition coefficient (Wildman–Crippen LogP) is 1.65. The Kier molecular flexibility index (Phi) is 7.30. The van der Waals surface area contributed by atoms with Crippen molar-refractivity contribution >= 4 is 11.8 Å². The molecule has 0 fully saturated rings. The lowest BCUT2D eigenvalue weighted by molar-refractivity contribution is 0.0838. The number of amides is 2. The Morgan fingerprint density at radius 1 is 1.11 bits per heavy atom. The molecule has 3 N–H and O–H groups in total. The average molecular weight is 499 g/mol. The number of nitriles is 1. The number of aliphatic hydroxyl groups is 1. The minimum Gasteiger partial charge on any atom is -0.390 e. The van der Waals surface area contributed by atoms with Crippen LogP contribution in [0.4, 0.5) is 0 Å². The molecule has 0 spiro atoms. The van der Waals surface area contributed by atoms with Crippen molar-refractivity contribution in [3.63, 3.8) is 0 Å². The fourth-order valence-corrected chi connectivity index (χ4v) is 5.01. The van der Waals surface area contributed by atoms with Crippen LogP contribution in [0.25, 0.3) is 0 Å². The van der Waals surface area contributed by atoms with Crippen molar-refractivity contribution in [2.24, 2.45) is 0 Å². The van der Waals surface area contributed by atoms with Gasteiger partial charge >= 0.3 is 0 Å². The van der Waals surface area contributed by atoms with Gasteiger partial charge < -0.3 is 20.3 Å². The summed E-state index contributed by atoms with van der Waals surface area (Å²) < 4.78 is 1.91. The molecule has 0 saturated carbocycles. The van der Waals surface area contributed by atoms with Gasteiger partial charge in [-0.25, -0.2) is 4.98 Å². The third kappa shape index (κ3) is 5.88. The first-order chi connectivity index (χ1) is 18.0. The number of imidazole rings is 1. The molecule has 2 aliphatic rings. The Hall–Kier alpha value is -4.00. The second-order valence-electron chi connectivity index (χ2n) is 9.71. The molecule has 9 heteroatoms. The molecular formula is C28H30N6O3. The van der Waals surface area contributed by atoms with Crippen molar-refractivity contribution < 1.29 is 14.7 Å². The van der Waals surface area contributed by atoms with E-state index in [9.17, 15) is 14.7 Å². The van der Waals surface area contributed by atoms with Crippen LogP contribution < -0.4 is 10.6 Å². The highest BCUT2D eigenvalue weighted by molar-refractivity contribution is 5.94. The summed E-state index contributed by atoms with van der Waals surface area (Å²) in [6.45, 7) is 2.87. The minimum absolute atomic E-state index is 0.0859. The third-order valence-electron chi connectivity index (χ3n) is 7.01. The van der Waals surface area contributed by atoms with Gasteiger partial charge in [0.1, 0.15) is 11.5 Å². The number of hydrogen-bond donors (Lipinski definition) is 3. The molecule has 0 radical (unpaired) electrons. The van der Waals surface area contributed by atoms with Crippen molar-refractivity contribution in [1.82, 2.24) is 25.1 Å². The summed E-state index contributed by atoms with van der Waals surface area (Å²) in [5.74, 6) is 0.298. The van der Waals surface area contributed by atoms with Crippen LogP contribution in [0.1, 0.15) is 49.8 Å². The van der Waals surface area contributed by atoms with Gasteiger partial charge in [-0.3, -0.25) is 14.5 Å². The highest BCUT2D eigenvalue weighted by Crippen LogP contribution is 2.19. The molecular weight excluding hydrogens is 468 g/mol. The highest BCUT2D eigenvalue weighted by atomic mass is 16.3. The molecule has 2 atom stereocenters. The van der Waals surface area contributed by atoms with Crippen LogP contribution in [0, 0.1) is 11.3 Å². The van der Waals surface area contributed by atoms with Crippen molar-refractivity contribution in [3.8, 4) is 6.07 Å². The number of fused-ring (bicyclic) bond motifs is 2. The first-order valence-electron chi connectivity index (χ1n) is 12.6. The number of nitrogens with one attached hydrogen (secondary N) is 2. The number of benzene rings is 2. The summed E-state index contributed by atoms with van der Waals surface area (Å²) in [4.78, 5) is 32.0. The third-order valence-corrected chi connectivity index (χ3v) is 7.01. The van der Waals surface area contributed by atoms with Crippen molar-refractivity contribution in [2.75, 3.05) is 19.6 Å². The van der Waals surface area contributed by atoms with E-state index in [0.29, 0.717) is 36.3 Å². The number of aromatic nitrogens is 2. The Morgan fingerprint density at radius 3 is 2.68 bits per heavy atom. The molecule has 3 heterocycles. The molecule has 0 aliphatic carbocycles. The van der Waals surface area contributed by atoms with Gasteiger partial charge in [0.05, 0.1) is 17.7 Å². The lowest BCUT2D eigenvalue weighted by Gasteiger charge is -2.30. The van der Waals surface area contributed by atoms with Crippen LogP contribution in [0.2, 0.25) is 0 Å². The van der Waals surface area contributed by atoms with Gasteiger partial charge in [-0.15, -0.1) is 0 Å². The van der Waals surface area contributed by atoms with Crippen molar-refractivity contribution in [1.29, 1.82) is 5.26 Å². The number of β-amino-alcohol motifs (C(OH)–C–C–N with tert-alkyl or cyclic N) is 1. The molecule has 37 heavy (non-hydrogen) atoms. The molecule has 5 rings (SSSR count). The van der Waals surface area contributed by atoms with Gasteiger partial charge in [-0.2, -0.15) is 5.26 Å². The van der Waals surface area contributed by atoms with Crippen LogP contribution in [0.5, 0.6) is 0 Å². The standard InChI is InChI=1S/C28H30N6O3/c29-13-19-5-7-21(8-6-19)27(36)31-23-9-10-26-32-25(18-34(26)16-23)28(37)30-14-24(35)17-33-12-11-20-3-1-2-4-22(20)15-33/h1-8,18,23-24,35H,9-12,14-17H2,(H,30,37)(H,31,36). The van der Waals surface area contributed by atoms with E-state index < -0.39 is 6.10 Å². The van der Waals surface area contributed by atoms with Gasteiger partial charge in [-0.05, 0) is 48.2 Å². The monoisotopic (exact) mass is 498 g/mol. The molecule has 2 aliphatic heterocycles. The van der Waals surface area contributed by atoms with E-state index in [1.54, 1.807) is 30.5 Å². The van der Waals surface area contributed by atoms with E-state index in [1.807, 2.05) is 16.7 Å². The van der Waals surface area contributed by atoms with E-state index in [4.69, 9.17) is 5.26 Å². The molecule has 9 nitrogen and oxygen atoms in total. The number of aryl methyl sites for hydroxylation is 1. The van der Waals surface area contributed by atoms with Gasteiger partial charge in [0.15, 0.2) is 0 Å². The Balaban J connectivity index is 1.10. The van der Waals surface area contributed by atoms with Crippen LogP contribution in [-0.4, -0.2) is 63.2 Å². The number of aliphatic hydroxyl groups excluding tert-OH is 1. The summed E-state index contributed by atoms with van der Waals surface area (Å²) in [6, 6.07) is 16.8. The average Bonchev–Trinajstić information content (AvgIpc) is 3.35. The Bertz CT molecular complexity index is 1330. The summed E-state index contributed by atoms with van der Waals surface area (Å²) >= 11 is 0. The van der Waals surface area contributed by atoms with Gasteiger partial charge in [0, 0.05) is 56.9 Å². The fraction of sp³-hybridized carbons (Fsp3) is 0.357. The number of carbonyl (C=O) groups excluding carboxylic acids is 2. The highest BCUT2D eigenvalue weighted by Gasteiger charge is 2.24. The maximum Gasteiger partial charge on any atom is 0.271 e. The second-order valence-corrected chi connectivity index (χ2v) is 9.71. The Morgan fingerprint density at radius 2 is 1.89 bits per heavy atom. The molecule has 190 valence electrons. The van der Waals surface area contributed by atoms with Gasteiger partial charge in [0.2, 0.25) is 0 Å². The second kappa shape index (κ2) is 10.9. The number of rotatable bonds is 7. The lowest BCUT2D eigenvalue weighted by Crippen LogP contribution is -2.42. The summed E-state index contributed by atoms with van der Waals surface area (Å²) in [7, 11) is 0. The normalized spacial score (nSPS) is 17.7. The summed E-state index contributed by atoms with van der Waals surface area (Å²) in [6.07, 6.45) is 3.36. The largest absolute Gasteiger partial charge is 0.390 e. The SMILES string of the molecule is N#Cc1ccc(C(=O)NC2CCc3nc(C(=O)NCC(O)CN4CCc5ccccc5C4)cn3C2)cc1. The molecule has 0 bridgehead atoms. The first kappa shape index (κ1) is 24.7. The molecule has 2 amide bonds. The fourth-order valence-electron chi connectivity index (χ4n) is 5.01. The molecule has 1 aromatic heterocycles. The van der Waals surface area contributed by atoms with E-state index in [2.05, 4.69) is 38.7 Å². The molecule has 2 unspecified atom stereocenters. The zero-order chi connectivity index (χ0) is 25.8. The minimum atomic E-state index is -0.673. The predicted molar refractivity (Wildman–Crippen MR) is 137 cm³/mol. The number of hydrogen-bond acceptors (Lipinski definition) is 6. The van der Waals surface area contributed by atoms with E-state index in [0.717, 1.165) is 31.8 Å². The van der Waals surface area contributed by atoms with E-state index in [1.165, 1.54) is 11.1 Å². The van der Waals surface area contributed by atoms with Gasteiger partial charge in [-0.1, -0.05) is 24.3 Å². The van der Waals surface area contributed by atoms with Crippen LogP contribution >= 0.6 is 0 Å². The van der Waals surface area contributed by atoms with E-state index >= 15 is 0 Å². The van der Waals surface area contributed by atoms with Gasteiger partial charge in [0.25, 0.3) is 11.8 Å². The maximum atomic E-state index is 12.7.